The molecule has 3 heterocycles. The molecule has 0 aliphatic carbocycles. The Labute approximate surface area is 146 Å². The molecule has 2 aromatic rings. The number of amides is 2. The molecule has 130 valence electrons. The van der Waals surface area contributed by atoms with Gasteiger partial charge in [-0.15, -0.1) is 0 Å². The van der Waals surface area contributed by atoms with E-state index in [2.05, 4.69) is 27.8 Å². The van der Waals surface area contributed by atoms with Gasteiger partial charge in [0.05, 0.1) is 18.4 Å². The molecular weight excluding hydrogens is 319 g/mol. The van der Waals surface area contributed by atoms with Crippen molar-refractivity contribution in [3.05, 3.63) is 59.2 Å². The second kappa shape index (κ2) is 6.80. The van der Waals surface area contributed by atoms with Crippen LogP contribution in [0.4, 0.5) is 14.9 Å². The summed E-state index contributed by atoms with van der Waals surface area (Å²) in [5, 5.41) is 6.29. The van der Waals surface area contributed by atoms with Crippen LogP contribution >= 0.6 is 0 Å². The first-order valence-electron chi connectivity index (χ1n) is 8.69. The lowest BCUT2D eigenvalue weighted by Crippen LogP contribution is -2.30. The van der Waals surface area contributed by atoms with E-state index in [1.807, 2.05) is 12.1 Å². The molecule has 0 bridgehead atoms. The number of hydrogen-bond donors (Lipinski definition) is 2. The normalized spacial score (nSPS) is 17.4. The maximum Gasteiger partial charge on any atom is 0.322 e. The average Bonchev–Trinajstić information content (AvgIpc) is 3.06. The Morgan fingerprint density at radius 3 is 2.72 bits per heavy atom. The van der Waals surface area contributed by atoms with Gasteiger partial charge in [0.15, 0.2) is 0 Å². The molecule has 0 atom stereocenters. The number of carbonyl (C=O) groups excluding carboxylic acids is 1. The number of anilines is 1. The minimum Gasteiger partial charge on any atom is -0.317 e. The smallest absolute Gasteiger partial charge is 0.317 e. The standard InChI is InChI=1S/C19H21FN4O/c20-16-9-15-11-24(12-18(15)22-10-16)19(25)23-17-3-1-13(2-4-17)14-5-7-21-8-6-14/h1-4,9-10,14,21H,5-8,11-12H2,(H,23,25). The molecule has 0 unspecified atom stereocenters. The number of pyridine rings is 1. The van der Waals surface area contributed by atoms with E-state index in [1.165, 1.54) is 17.8 Å². The lowest BCUT2D eigenvalue weighted by molar-refractivity contribution is 0.212. The zero-order chi connectivity index (χ0) is 17.2. The van der Waals surface area contributed by atoms with Crippen LogP contribution in [-0.2, 0) is 13.1 Å². The molecular formula is C19H21FN4O. The number of carbonyl (C=O) groups is 1. The van der Waals surface area contributed by atoms with Crippen molar-refractivity contribution in [2.24, 2.45) is 0 Å². The van der Waals surface area contributed by atoms with Crippen molar-refractivity contribution in [1.29, 1.82) is 0 Å². The Balaban J connectivity index is 1.38. The van der Waals surface area contributed by atoms with Crippen LogP contribution in [0.3, 0.4) is 0 Å². The minimum absolute atomic E-state index is 0.187. The van der Waals surface area contributed by atoms with Gasteiger partial charge in [-0.1, -0.05) is 12.1 Å². The van der Waals surface area contributed by atoms with Crippen molar-refractivity contribution in [3.8, 4) is 0 Å². The van der Waals surface area contributed by atoms with Gasteiger partial charge in [0.2, 0.25) is 0 Å². The fraction of sp³-hybridized carbons (Fsp3) is 0.368. The van der Waals surface area contributed by atoms with Crippen LogP contribution in [0, 0.1) is 5.82 Å². The number of nitrogens with zero attached hydrogens (tertiary/aromatic N) is 2. The number of hydrogen-bond acceptors (Lipinski definition) is 3. The fourth-order valence-electron chi connectivity index (χ4n) is 3.57. The van der Waals surface area contributed by atoms with Crippen molar-refractivity contribution in [3.63, 3.8) is 0 Å². The van der Waals surface area contributed by atoms with Crippen LogP contribution < -0.4 is 10.6 Å². The van der Waals surface area contributed by atoms with Crippen LogP contribution in [0.1, 0.15) is 35.6 Å². The van der Waals surface area contributed by atoms with Crippen LogP contribution in [0.25, 0.3) is 0 Å². The number of aromatic nitrogens is 1. The lowest BCUT2D eigenvalue weighted by Gasteiger charge is -2.23. The number of fused-ring (bicyclic) bond motifs is 1. The SMILES string of the molecule is O=C(Nc1ccc(C2CCNCC2)cc1)N1Cc2cc(F)cnc2C1. The third-order valence-corrected chi connectivity index (χ3v) is 4.99. The van der Waals surface area contributed by atoms with E-state index in [9.17, 15) is 9.18 Å². The number of urea groups is 1. The molecule has 2 amide bonds. The van der Waals surface area contributed by atoms with Crippen LogP contribution in [0.15, 0.2) is 36.5 Å². The number of rotatable bonds is 2. The summed E-state index contributed by atoms with van der Waals surface area (Å²) >= 11 is 0. The summed E-state index contributed by atoms with van der Waals surface area (Å²) in [5.74, 6) is 0.231. The first-order valence-corrected chi connectivity index (χ1v) is 8.69. The van der Waals surface area contributed by atoms with E-state index in [4.69, 9.17) is 0 Å². The van der Waals surface area contributed by atoms with Gasteiger partial charge < -0.3 is 15.5 Å². The monoisotopic (exact) mass is 340 g/mol. The molecule has 5 nitrogen and oxygen atoms in total. The topological polar surface area (TPSA) is 57.3 Å². The first kappa shape index (κ1) is 16.0. The zero-order valence-electron chi connectivity index (χ0n) is 14.0. The van der Waals surface area contributed by atoms with Gasteiger partial charge in [0.25, 0.3) is 0 Å². The van der Waals surface area contributed by atoms with Crippen molar-refractivity contribution in [1.82, 2.24) is 15.2 Å². The van der Waals surface area contributed by atoms with E-state index >= 15 is 0 Å². The van der Waals surface area contributed by atoms with Gasteiger partial charge in [-0.05, 0) is 61.2 Å². The number of nitrogens with one attached hydrogen (secondary N) is 2. The lowest BCUT2D eigenvalue weighted by atomic mass is 9.90. The first-order chi connectivity index (χ1) is 12.2. The molecule has 6 heteroatoms. The third kappa shape index (κ3) is 3.49. The summed E-state index contributed by atoms with van der Waals surface area (Å²) in [6.45, 7) is 2.92. The van der Waals surface area contributed by atoms with E-state index in [1.54, 1.807) is 4.90 Å². The molecule has 2 aliphatic rings. The Kier molecular flexibility index (Phi) is 4.36. The average molecular weight is 340 g/mol. The second-order valence-corrected chi connectivity index (χ2v) is 6.69. The molecule has 1 saturated heterocycles. The Bertz CT molecular complexity index is 771. The van der Waals surface area contributed by atoms with Gasteiger partial charge in [-0.3, -0.25) is 4.98 Å². The predicted molar refractivity (Wildman–Crippen MR) is 93.7 cm³/mol. The van der Waals surface area contributed by atoms with Gasteiger partial charge in [-0.2, -0.15) is 0 Å². The fourth-order valence-corrected chi connectivity index (χ4v) is 3.57. The van der Waals surface area contributed by atoms with Crippen LogP contribution in [0.5, 0.6) is 0 Å². The van der Waals surface area contributed by atoms with E-state index in [0.717, 1.165) is 42.9 Å². The van der Waals surface area contributed by atoms with Crippen molar-refractivity contribution in [2.45, 2.75) is 31.8 Å². The zero-order valence-corrected chi connectivity index (χ0v) is 14.0. The molecule has 1 aromatic heterocycles. The summed E-state index contributed by atoms with van der Waals surface area (Å²) in [6.07, 6.45) is 3.50. The molecule has 2 aliphatic heterocycles. The van der Waals surface area contributed by atoms with Crippen LogP contribution in [0.2, 0.25) is 0 Å². The maximum atomic E-state index is 13.2. The molecule has 1 aromatic carbocycles. The Hall–Kier alpha value is -2.47. The largest absolute Gasteiger partial charge is 0.322 e. The van der Waals surface area contributed by atoms with Gasteiger partial charge in [0, 0.05) is 12.2 Å². The summed E-state index contributed by atoms with van der Waals surface area (Å²) in [5.41, 5.74) is 3.64. The predicted octanol–water partition coefficient (Wildman–Crippen LogP) is 3.24. The minimum atomic E-state index is -0.366. The van der Waals surface area contributed by atoms with Crippen molar-refractivity contribution in [2.75, 3.05) is 18.4 Å². The Morgan fingerprint density at radius 2 is 1.96 bits per heavy atom. The highest BCUT2D eigenvalue weighted by atomic mass is 19.1. The third-order valence-electron chi connectivity index (χ3n) is 4.99. The quantitative estimate of drug-likeness (QED) is 0.882. The van der Waals surface area contributed by atoms with E-state index < -0.39 is 0 Å². The summed E-state index contributed by atoms with van der Waals surface area (Å²) in [7, 11) is 0. The highest BCUT2D eigenvalue weighted by molar-refractivity contribution is 5.89. The highest BCUT2D eigenvalue weighted by Crippen LogP contribution is 2.27. The number of halogens is 1. The molecule has 0 spiro atoms. The Morgan fingerprint density at radius 1 is 1.20 bits per heavy atom. The molecule has 1 fully saturated rings. The molecule has 0 saturated carbocycles. The highest BCUT2D eigenvalue weighted by Gasteiger charge is 2.25. The second-order valence-electron chi connectivity index (χ2n) is 6.69. The van der Waals surface area contributed by atoms with Crippen molar-refractivity contribution < 1.29 is 9.18 Å². The molecule has 25 heavy (non-hydrogen) atoms. The summed E-state index contributed by atoms with van der Waals surface area (Å²) in [6, 6.07) is 9.37. The molecule has 2 N–H and O–H groups in total. The van der Waals surface area contributed by atoms with E-state index in [0.29, 0.717) is 19.0 Å². The summed E-state index contributed by atoms with van der Waals surface area (Å²) < 4.78 is 13.2. The molecule has 0 radical (unpaired) electrons. The number of piperidine rings is 1. The summed E-state index contributed by atoms with van der Waals surface area (Å²) in [4.78, 5) is 18.1. The van der Waals surface area contributed by atoms with E-state index in [-0.39, 0.29) is 11.8 Å². The van der Waals surface area contributed by atoms with Gasteiger partial charge in [-0.25, -0.2) is 9.18 Å². The van der Waals surface area contributed by atoms with Gasteiger partial charge in [0.1, 0.15) is 5.82 Å². The number of benzene rings is 1. The van der Waals surface area contributed by atoms with Crippen LogP contribution in [-0.4, -0.2) is 29.0 Å². The molecule has 4 rings (SSSR count). The van der Waals surface area contributed by atoms with Gasteiger partial charge >= 0.3 is 6.03 Å². The maximum absolute atomic E-state index is 13.2. The van der Waals surface area contributed by atoms with Crippen molar-refractivity contribution >= 4 is 11.7 Å².